The molecule has 44 heavy (non-hydrogen) atoms. The van der Waals surface area contributed by atoms with E-state index < -0.39 is 23.6 Å². The maximum Gasteiger partial charge on any atom is 0.303 e. The zero-order valence-corrected chi connectivity index (χ0v) is 25.1. The molecule has 0 aliphatic heterocycles. The van der Waals surface area contributed by atoms with E-state index in [4.69, 9.17) is 14.6 Å². The summed E-state index contributed by atoms with van der Waals surface area (Å²) in [6.07, 6.45) is 4.78. The number of carbonyl (C=O) groups excluding carboxylic acids is 1. The minimum Gasteiger partial charge on any atom is -0.494 e. The highest BCUT2D eigenvalue weighted by Gasteiger charge is 2.15. The first-order valence-electron chi connectivity index (χ1n) is 14.7. The molecule has 3 aromatic rings. The third kappa shape index (κ3) is 11.0. The number of hydrogen-bond acceptors (Lipinski definition) is 5. The summed E-state index contributed by atoms with van der Waals surface area (Å²) in [5.41, 5.74) is 2.98. The molecule has 0 unspecified atom stereocenters. The van der Waals surface area contributed by atoms with Crippen LogP contribution < -0.4 is 9.47 Å². The fraction of sp³-hybridized carbons (Fsp3) is 0.382. The molecule has 0 aromatic heterocycles. The zero-order valence-electron chi connectivity index (χ0n) is 25.1. The van der Waals surface area contributed by atoms with Crippen LogP contribution in [0.3, 0.4) is 0 Å². The molecule has 10 heteroatoms. The van der Waals surface area contributed by atoms with Crippen molar-refractivity contribution in [1.29, 1.82) is 0 Å². The van der Waals surface area contributed by atoms with E-state index >= 15 is 0 Å². The van der Waals surface area contributed by atoms with Gasteiger partial charge in [0.05, 0.1) is 13.2 Å². The van der Waals surface area contributed by atoms with Crippen molar-refractivity contribution in [2.75, 3.05) is 27.3 Å². The highest BCUT2D eigenvalue weighted by molar-refractivity contribution is 5.95. The van der Waals surface area contributed by atoms with Gasteiger partial charge in [0.25, 0.3) is 5.91 Å². The van der Waals surface area contributed by atoms with Crippen molar-refractivity contribution in [2.45, 2.75) is 57.8 Å². The van der Waals surface area contributed by atoms with Crippen molar-refractivity contribution in [3.63, 3.8) is 0 Å². The van der Waals surface area contributed by atoms with Gasteiger partial charge in [0.15, 0.2) is 0 Å². The number of carboxylic acids is 2. The molecule has 0 aliphatic rings. The van der Waals surface area contributed by atoms with Gasteiger partial charge in [-0.1, -0.05) is 25.0 Å². The Morgan fingerprint density at radius 1 is 0.727 bits per heavy atom. The van der Waals surface area contributed by atoms with E-state index in [2.05, 4.69) is 0 Å². The summed E-state index contributed by atoms with van der Waals surface area (Å²) in [6, 6.07) is 13.7. The van der Waals surface area contributed by atoms with Crippen molar-refractivity contribution in [3.8, 4) is 22.6 Å². The van der Waals surface area contributed by atoms with Crippen LogP contribution in [-0.4, -0.2) is 60.3 Å². The quantitative estimate of drug-likeness (QED) is 0.153. The third-order valence-electron chi connectivity index (χ3n) is 6.98. The van der Waals surface area contributed by atoms with Gasteiger partial charge >= 0.3 is 11.9 Å². The van der Waals surface area contributed by atoms with Gasteiger partial charge in [-0.05, 0) is 90.8 Å². The number of carbonyl (C=O) groups is 3. The smallest absolute Gasteiger partial charge is 0.303 e. The van der Waals surface area contributed by atoms with E-state index in [0.29, 0.717) is 47.6 Å². The van der Waals surface area contributed by atoms with Crippen LogP contribution in [0, 0.1) is 11.6 Å². The van der Waals surface area contributed by atoms with E-state index in [1.807, 2.05) is 12.1 Å². The molecule has 0 atom stereocenters. The molecule has 0 saturated carbocycles. The number of hydrogen-bond donors (Lipinski definition) is 2. The molecule has 2 N–H and O–H groups in total. The van der Waals surface area contributed by atoms with Crippen molar-refractivity contribution in [1.82, 2.24) is 4.90 Å². The molecule has 8 nitrogen and oxygen atoms in total. The number of rotatable bonds is 18. The van der Waals surface area contributed by atoms with Crippen molar-refractivity contribution >= 4 is 17.8 Å². The highest BCUT2D eigenvalue weighted by atomic mass is 19.1. The number of halogens is 2. The molecule has 0 spiro atoms. The number of benzene rings is 3. The van der Waals surface area contributed by atoms with Crippen molar-refractivity contribution < 1.29 is 42.9 Å². The number of aryl methyl sites for hydroxylation is 1. The first-order valence-corrected chi connectivity index (χ1v) is 14.7. The van der Waals surface area contributed by atoms with E-state index in [1.54, 1.807) is 38.4 Å². The second kappa shape index (κ2) is 17.0. The maximum atomic E-state index is 13.9. The van der Waals surface area contributed by atoms with E-state index in [0.717, 1.165) is 49.3 Å². The molecule has 3 aromatic carbocycles. The summed E-state index contributed by atoms with van der Waals surface area (Å²) in [7, 11) is 3.25. The number of aliphatic carboxylic acids is 2. The lowest BCUT2D eigenvalue weighted by atomic mass is 9.97. The number of ether oxygens (including phenoxy) is 2. The third-order valence-corrected chi connectivity index (χ3v) is 6.98. The van der Waals surface area contributed by atoms with Crippen molar-refractivity contribution in [2.24, 2.45) is 0 Å². The second-order valence-corrected chi connectivity index (χ2v) is 10.7. The molecule has 0 fully saturated rings. The van der Waals surface area contributed by atoms with Crippen LogP contribution in [0.2, 0.25) is 0 Å². The largest absolute Gasteiger partial charge is 0.494 e. The van der Waals surface area contributed by atoms with Crippen LogP contribution in [0.4, 0.5) is 8.78 Å². The van der Waals surface area contributed by atoms with Gasteiger partial charge in [0, 0.05) is 38.6 Å². The summed E-state index contributed by atoms with van der Waals surface area (Å²) in [5, 5.41) is 18.0. The second-order valence-electron chi connectivity index (χ2n) is 10.7. The van der Waals surface area contributed by atoms with Crippen LogP contribution in [0.15, 0.2) is 54.6 Å². The van der Waals surface area contributed by atoms with Gasteiger partial charge in [0.2, 0.25) is 0 Å². The Labute approximate surface area is 256 Å². The van der Waals surface area contributed by atoms with Gasteiger partial charge in [-0.3, -0.25) is 14.4 Å². The predicted molar refractivity (Wildman–Crippen MR) is 162 cm³/mol. The molecule has 0 bridgehead atoms. The van der Waals surface area contributed by atoms with Gasteiger partial charge in [-0.25, -0.2) is 8.78 Å². The van der Waals surface area contributed by atoms with E-state index in [-0.39, 0.29) is 25.4 Å². The average Bonchev–Trinajstić information content (AvgIpc) is 2.97. The van der Waals surface area contributed by atoms with Crippen LogP contribution in [0.5, 0.6) is 11.5 Å². The molecule has 236 valence electrons. The number of carboxylic acid groups (broad SMARTS) is 2. The van der Waals surface area contributed by atoms with Crippen LogP contribution in [-0.2, 0) is 22.4 Å². The standard InChI is InChI=1S/C34H39F2NO7/c1-37(2)34(42)26-17-24(25-18-27(35)22-28(36)19-25)20-29(21-26)43-15-6-4-3-5-9-23-10-7-11-31(30(23)13-14-33(40)41)44-16-8-12-32(38)39/h7,10-11,17-22H,3-6,8-9,12-16H2,1-2H3,(H,38,39)(H,40,41). The number of unbranched alkanes of at least 4 members (excludes halogenated alkanes) is 3. The van der Waals surface area contributed by atoms with Crippen LogP contribution in [0.25, 0.3) is 11.1 Å². The SMILES string of the molecule is CN(C)C(=O)c1cc(OCCCCCCc2cccc(OCCCC(=O)O)c2CCC(=O)O)cc(-c2cc(F)cc(F)c2)c1. The van der Waals surface area contributed by atoms with Crippen LogP contribution in [0.1, 0.15) is 66.4 Å². The number of amides is 1. The zero-order chi connectivity index (χ0) is 32.1. The minimum absolute atomic E-state index is 0.00165. The molecule has 3 rings (SSSR count). The van der Waals surface area contributed by atoms with Gasteiger partial charge < -0.3 is 24.6 Å². The molecule has 0 aliphatic carbocycles. The Kier molecular flexibility index (Phi) is 13.1. The molecule has 1 amide bonds. The lowest BCUT2D eigenvalue weighted by molar-refractivity contribution is -0.138. The first-order chi connectivity index (χ1) is 21.0. The van der Waals surface area contributed by atoms with Gasteiger partial charge in [0.1, 0.15) is 23.1 Å². The molecule has 0 saturated heterocycles. The Morgan fingerprint density at radius 2 is 1.39 bits per heavy atom. The Hall–Kier alpha value is -4.47. The lowest BCUT2D eigenvalue weighted by Crippen LogP contribution is -2.21. The van der Waals surface area contributed by atoms with Gasteiger partial charge in [-0.15, -0.1) is 0 Å². The summed E-state index contributed by atoms with van der Waals surface area (Å²) < 4.78 is 39.5. The van der Waals surface area contributed by atoms with E-state index in [1.165, 1.54) is 17.0 Å². The topological polar surface area (TPSA) is 113 Å². The normalized spacial score (nSPS) is 10.8. The highest BCUT2D eigenvalue weighted by Crippen LogP contribution is 2.29. The summed E-state index contributed by atoms with van der Waals surface area (Å²) in [5.74, 6) is -2.45. The van der Waals surface area contributed by atoms with E-state index in [9.17, 15) is 28.3 Å². The lowest BCUT2D eigenvalue weighted by Gasteiger charge is -2.16. The predicted octanol–water partition coefficient (Wildman–Crippen LogP) is 6.78. The van der Waals surface area contributed by atoms with Gasteiger partial charge in [-0.2, -0.15) is 0 Å². The molecular formula is C34H39F2NO7. The monoisotopic (exact) mass is 611 g/mol. The Bertz CT molecular complexity index is 1420. The fourth-order valence-electron chi connectivity index (χ4n) is 4.81. The molecule has 0 radical (unpaired) electrons. The minimum atomic E-state index is -0.900. The number of nitrogens with zero attached hydrogens (tertiary/aromatic N) is 1. The van der Waals surface area contributed by atoms with Crippen LogP contribution >= 0.6 is 0 Å². The molecule has 0 heterocycles. The summed E-state index contributed by atoms with van der Waals surface area (Å²) in [4.78, 5) is 36.1. The Balaban J connectivity index is 1.56. The average molecular weight is 612 g/mol. The molecular weight excluding hydrogens is 572 g/mol. The Morgan fingerprint density at radius 3 is 2.07 bits per heavy atom. The first kappa shape index (κ1) is 34.0. The maximum absolute atomic E-state index is 13.9. The van der Waals surface area contributed by atoms with Crippen molar-refractivity contribution in [3.05, 3.63) is 82.9 Å². The summed E-state index contributed by atoms with van der Waals surface area (Å²) in [6.45, 7) is 0.628. The fourth-order valence-corrected chi connectivity index (χ4v) is 4.81. The summed E-state index contributed by atoms with van der Waals surface area (Å²) >= 11 is 0.